The molecule has 5 aromatic rings. The summed E-state index contributed by atoms with van der Waals surface area (Å²) in [5, 5.41) is 5.56. The van der Waals surface area contributed by atoms with Gasteiger partial charge in [-0.25, -0.2) is 0 Å². The Morgan fingerprint density at radius 3 is 0.829 bits per heavy atom. The molecular weight excluding hydrogens is 482 g/mol. The lowest BCUT2D eigenvalue weighted by atomic mass is 10.4. The van der Waals surface area contributed by atoms with Crippen molar-refractivity contribution in [2.75, 3.05) is 6.66 Å². The largest absolute Gasteiger partial charge is 0.314 e. The summed E-state index contributed by atoms with van der Waals surface area (Å²) in [6.07, 6.45) is 0. The molecule has 0 atom stereocenters. The van der Waals surface area contributed by atoms with E-state index in [0.29, 0.717) is 0 Å². The molecule has 0 saturated carbocycles. The van der Waals surface area contributed by atoms with E-state index in [4.69, 9.17) is 11.8 Å². The molecule has 0 radical (unpaired) electrons. The Morgan fingerprint density at radius 2 is 0.600 bits per heavy atom. The maximum absolute atomic E-state index is 12.6. The molecule has 0 bridgehead atoms. The second kappa shape index (κ2) is 11.6. The monoisotopic (exact) mass is 510 g/mol. The molecule has 0 amide bonds. The average molecular weight is 511 g/mol. The Bertz CT molecular complexity index is 1280. The summed E-state index contributed by atoms with van der Waals surface area (Å²) < 4.78 is 12.6. The summed E-state index contributed by atoms with van der Waals surface area (Å²) in [6.45, 7) is 1.82. The molecule has 0 fully saturated rings. The average Bonchev–Trinajstić information content (AvgIpc) is 2.95. The summed E-state index contributed by atoms with van der Waals surface area (Å²) >= 11 is 6.21. The normalized spacial score (nSPS) is 11.2. The predicted molar refractivity (Wildman–Crippen MR) is 158 cm³/mol. The molecule has 0 aliphatic heterocycles. The van der Waals surface area contributed by atoms with Crippen LogP contribution in [0.5, 0.6) is 0 Å². The second-order valence-corrected chi connectivity index (χ2v) is 15.5. The van der Waals surface area contributed by atoms with Gasteiger partial charge in [0.05, 0.1) is 0 Å². The zero-order valence-corrected chi connectivity index (χ0v) is 22.3. The lowest BCUT2D eigenvalue weighted by Crippen LogP contribution is -2.24. The summed E-state index contributed by atoms with van der Waals surface area (Å²) in [4.78, 5) is 0. The van der Waals surface area contributed by atoms with Gasteiger partial charge in [0.25, 0.3) is 0 Å². The van der Waals surface area contributed by atoms with Gasteiger partial charge < -0.3 is 4.57 Å². The van der Waals surface area contributed by atoms with E-state index < -0.39 is 13.2 Å². The van der Waals surface area contributed by atoms with Crippen molar-refractivity contribution in [1.82, 2.24) is 0 Å². The molecule has 0 aliphatic carbocycles. The van der Waals surface area contributed by atoms with Crippen LogP contribution >= 0.6 is 13.2 Å². The zero-order valence-electron chi connectivity index (χ0n) is 19.6. The molecule has 0 aromatic heterocycles. The fourth-order valence-electron chi connectivity index (χ4n) is 3.93. The Labute approximate surface area is 213 Å². The molecule has 5 aromatic carbocycles. The van der Waals surface area contributed by atoms with Crippen molar-refractivity contribution >= 4 is 51.5 Å². The van der Waals surface area contributed by atoms with Crippen LogP contribution in [0, 0.1) is 0 Å². The van der Waals surface area contributed by atoms with E-state index >= 15 is 0 Å². The molecule has 0 aliphatic rings. The molecule has 0 heterocycles. The quantitative estimate of drug-likeness (QED) is 0.267. The van der Waals surface area contributed by atoms with Crippen LogP contribution in [-0.2, 0) is 16.4 Å². The lowest BCUT2D eigenvalue weighted by molar-refractivity contribution is 0.590. The molecule has 174 valence electrons. The van der Waals surface area contributed by atoms with E-state index in [0.717, 1.165) is 10.6 Å². The van der Waals surface area contributed by atoms with Crippen LogP contribution < -0.4 is 26.5 Å². The topological polar surface area (TPSA) is 17.1 Å². The summed E-state index contributed by atoms with van der Waals surface area (Å²) in [6, 6.07) is 48.8. The van der Waals surface area contributed by atoms with E-state index in [-0.39, 0.29) is 0 Å². The Morgan fingerprint density at radius 1 is 0.400 bits per heavy atom. The maximum Gasteiger partial charge on any atom is 0.140 e. The summed E-state index contributed by atoms with van der Waals surface area (Å²) in [7, 11) is -2.40. The minimum atomic E-state index is -2.40. The van der Waals surface area contributed by atoms with E-state index in [1.807, 2.05) is 85.5 Å². The van der Waals surface area contributed by atoms with Gasteiger partial charge in [0.15, 0.2) is 0 Å². The molecule has 35 heavy (non-hydrogen) atoms. The smallest absolute Gasteiger partial charge is 0.140 e. The first-order chi connectivity index (χ1) is 17.0. The summed E-state index contributed by atoms with van der Waals surface area (Å²) in [5.74, 6) is 0. The highest BCUT2D eigenvalue weighted by atomic mass is 32.4. The SMILES string of the molecule is CP(=O)(c1ccccc1)c1ccccc1.S=P(c1ccccc1)(c1ccccc1)c1ccccc1. The third-order valence-corrected chi connectivity index (χ3v) is 13.4. The molecule has 0 spiro atoms. The fourth-order valence-corrected chi connectivity index (χ4v) is 9.48. The molecular formula is C31H28OP2S. The summed E-state index contributed by atoms with van der Waals surface area (Å²) in [5.41, 5.74) is 0. The highest BCUT2D eigenvalue weighted by Gasteiger charge is 2.24. The van der Waals surface area contributed by atoms with Crippen LogP contribution in [-0.4, -0.2) is 6.66 Å². The molecule has 4 heteroatoms. The first kappa shape index (κ1) is 25.1. The highest BCUT2D eigenvalue weighted by molar-refractivity contribution is 8.25. The van der Waals surface area contributed by atoms with Crippen LogP contribution in [0.4, 0.5) is 0 Å². The van der Waals surface area contributed by atoms with Gasteiger partial charge >= 0.3 is 0 Å². The predicted octanol–water partition coefficient (Wildman–Crippen LogP) is 6.07. The number of benzene rings is 5. The number of hydrogen-bond donors (Lipinski definition) is 0. The highest BCUT2D eigenvalue weighted by Crippen LogP contribution is 2.42. The van der Waals surface area contributed by atoms with Gasteiger partial charge in [0.2, 0.25) is 0 Å². The molecule has 1 nitrogen and oxygen atoms in total. The minimum absolute atomic E-state index is 0.913. The van der Waals surface area contributed by atoms with Crippen molar-refractivity contribution in [3.63, 3.8) is 0 Å². The van der Waals surface area contributed by atoms with Gasteiger partial charge in [0, 0.05) is 16.6 Å². The van der Waals surface area contributed by atoms with E-state index in [9.17, 15) is 4.57 Å². The van der Waals surface area contributed by atoms with Gasteiger partial charge in [-0.2, -0.15) is 0 Å². The number of hydrogen-bond acceptors (Lipinski definition) is 2. The first-order valence-corrected chi connectivity index (χ1v) is 16.4. The van der Waals surface area contributed by atoms with Crippen molar-refractivity contribution < 1.29 is 4.57 Å². The van der Waals surface area contributed by atoms with Gasteiger partial charge in [-0.15, -0.1) is 0 Å². The molecule has 0 saturated heterocycles. The Balaban J connectivity index is 0.000000172. The third-order valence-electron chi connectivity index (χ3n) is 5.86. The van der Waals surface area contributed by atoms with Gasteiger partial charge in [-0.1, -0.05) is 163 Å². The van der Waals surface area contributed by atoms with Gasteiger partial charge in [-0.3, -0.25) is 0 Å². The fraction of sp³-hybridized carbons (Fsp3) is 0.0323. The maximum atomic E-state index is 12.6. The van der Waals surface area contributed by atoms with Crippen LogP contribution in [0.1, 0.15) is 0 Å². The van der Waals surface area contributed by atoms with Crippen molar-refractivity contribution in [1.29, 1.82) is 0 Å². The van der Waals surface area contributed by atoms with Crippen LogP contribution in [0.25, 0.3) is 0 Å². The Hall–Kier alpha value is -3.02. The van der Waals surface area contributed by atoms with Gasteiger partial charge in [-0.05, 0) is 22.6 Å². The van der Waals surface area contributed by atoms with Crippen LogP contribution in [0.2, 0.25) is 0 Å². The van der Waals surface area contributed by atoms with Crippen molar-refractivity contribution in [2.45, 2.75) is 0 Å². The van der Waals surface area contributed by atoms with E-state index in [1.165, 1.54) is 15.9 Å². The molecule has 0 unspecified atom stereocenters. The van der Waals surface area contributed by atoms with Gasteiger partial charge in [0.1, 0.15) is 7.14 Å². The number of rotatable bonds is 5. The second-order valence-electron chi connectivity index (χ2n) is 8.21. The first-order valence-electron chi connectivity index (χ1n) is 11.5. The molecule has 5 rings (SSSR count). The van der Waals surface area contributed by atoms with E-state index in [2.05, 4.69) is 72.8 Å². The van der Waals surface area contributed by atoms with Crippen LogP contribution in [0.15, 0.2) is 152 Å². The molecule has 0 N–H and O–H groups in total. The minimum Gasteiger partial charge on any atom is -0.314 e. The lowest BCUT2D eigenvalue weighted by Gasteiger charge is -2.23. The van der Waals surface area contributed by atoms with Crippen LogP contribution in [0.3, 0.4) is 0 Å². The van der Waals surface area contributed by atoms with Crippen molar-refractivity contribution in [3.8, 4) is 0 Å². The standard InChI is InChI=1S/C18H15PS.C13H13OP/c20-19(16-10-4-1-5-11-16,17-12-6-2-7-13-17)18-14-8-3-9-15-18;1-15(14,12-8-4-2-5-9-12)13-10-6-3-7-11-13/h1-15H;2-11H,1H3. The Kier molecular flexibility index (Phi) is 8.32. The van der Waals surface area contributed by atoms with Crippen molar-refractivity contribution in [2.24, 2.45) is 0 Å². The zero-order chi connectivity index (χ0) is 24.6. The van der Waals surface area contributed by atoms with Crippen molar-refractivity contribution in [3.05, 3.63) is 152 Å². The van der Waals surface area contributed by atoms with E-state index in [1.54, 1.807) is 0 Å². The third kappa shape index (κ3) is 5.80.